The van der Waals surface area contributed by atoms with Gasteiger partial charge in [0.15, 0.2) is 6.39 Å². The van der Waals surface area contributed by atoms with Crippen molar-refractivity contribution in [1.82, 2.24) is 10.3 Å². The monoisotopic (exact) mass is 166 g/mol. The van der Waals surface area contributed by atoms with Crippen LogP contribution in [0.1, 0.15) is 25.0 Å². The molecule has 0 bridgehead atoms. The molecule has 1 unspecified atom stereocenters. The van der Waals surface area contributed by atoms with Gasteiger partial charge in [-0.25, -0.2) is 4.98 Å². The van der Waals surface area contributed by atoms with Crippen LogP contribution in [-0.4, -0.2) is 17.6 Å². The van der Waals surface area contributed by atoms with E-state index in [0.717, 1.165) is 18.7 Å². The van der Waals surface area contributed by atoms with Crippen molar-refractivity contribution in [2.24, 2.45) is 0 Å². The van der Waals surface area contributed by atoms with Crippen LogP contribution >= 0.6 is 0 Å². The van der Waals surface area contributed by atoms with Gasteiger partial charge in [-0.1, -0.05) is 6.42 Å². The van der Waals surface area contributed by atoms with Crippen LogP contribution in [0.4, 0.5) is 0 Å². The second-order valence-corrected chi connectivity index (χ2v) is 3.33. The lowest BCUT2D eigenvalue weighted by atomic mass is 10.0. The van der Waals surface area contributed by atoms with Gasteiger partial charge < -0.3 is 9.73 Å². The SMILES string of the molecule is c1nc(CC2CCCCN2)co1. The molecule has 66 valence electrons. The minimum atomic E-state index is 0.615. The lowest BCUT2D eigenvalue weighted by Crippen LogP contribution is -2.35. The van der Waals surface area contributed by atoms with Gasteiger partial charge in [0.25, 0.3) is 0 Å². The third-order valence-corrected chi connectivity index (χ3v) is 2.35. The van der Waals surface area contributed by atoms with Crippen molar-refractivity contribution >= 4 is 0 Å². The third-order valence-electron chi connectivity index (χ3n) is 2.35. The summed E-state index contributed by atoms with van der Waals surface area (Å²) in [5, 5.41) is 3.48. The molecule has 1 atom stereocenters. The molecular weight excluding hydrogens is 152 g/mol. The van der Waals surface area contributed by atoms with E-state index in [1.165, 1.54) is 25.7 Å². The van der Waals surface area contributed by atoms with Gasteiger partial charge in [0.05, 0.1) is 5.69 Å². The number of piperidine rings is 1. The first-order valence-electron chi connectivity index (χ1n) is 4.55. The Morgan fingerprint density at radius 1 is 1.58 bits per heavy atom. The van der Waals surface area contributed by atoms with Crippen LogP contribution < -0.4 is 5.32 Å². The Morgan fingerprint density at radius 3 is 3.25 bits per heavy atom. The Bertz CT molecular complexity index is 214. The molecule has 0 aliphatic carbocycles. The summed E-state index contributed by atoms with van der Waals surface area (Å²) in [7, 11) is 0. The van der Waals surface area contributed by atoms with Gasteiger partial charge in [0, 0.05) is 12.5 Å². The van der Waals surface area contributed by atoms with Crippen molar-refractivity contribution < 1.29 is 4.42 Å². The highest BCUT2D eigenvalue weighted by Gasteiger charge is 2.13. The topological polar surface area (TPSA) is 38.1 Å². The Labute approximate surface area is 72.2 Å². The molecule has 1 aliphatic rings. The predicted octanol–water partition coefficient (Wildman–Crippen LogP) is 1.36. The van der Waals surface area contributed by atoms with Crippen LogP contribution in [-0.2, 0) is 6.42 Å². The quantitative estimate of drug-likeness (QED) is 0.720. The molecule has 0 spiro atoms. The van der Waals surface area contributed by atoms with Crippen molar-refractivity contribution in [3.8, 4) is 0 Å². The average Bonchev–Trinajstić information content (AvgIpc) is 2.59. The highest BCUT2D eigenvalue weighted by Crippen LogP contribution is 2.11. The lowest BCUT2D eigenvalue weighted by molar-refractivity contribution is 0.396. The van der Waals surface area contributed by atoms with Crippen molar-refractivity contribution in [3.63, 3.8) is 0 Å². The second kappa shape index (κ2) is 3.72. The summed E-state index contributed by atoms with van der Waals surface area (Å²) < 4.78 is 4.92. The Hall–Kier alpha value is -0.830. The zero-order chi connectivity index (χ0) is 8.23. The number of hydrogen-bond donors (Lipinski definition) is 1. The van der Waals surface area contributed by atoms with E-state index < -0.39 is 0 Å². The highest BCUT2D eigenvalue weighted by molar-refractivity contribution is 4.95. The zero-order valence-electron chi connectivity index (χ0n) is 7.12. The maximum atomic E-state index is 4.92. The van der Waals surface area contributed by atoms with Gasteiger partial charge in [-0.3, -0.25) is 0 Å². The zero-order valence-corrected chi connectivity index (χ0v) is 7.12. The van der Waals surface area contributed by atoms with Crippen LogP contribution in [0.25, 0.3) is 0 Å². The fourth-order valence-electron chi connectivity index (χ4n) is 1.69. The number of nitrogens with one attached hydrogen (secondary N) is 1. The van der Waals surface area contributed by atoms with Gasteiger partial charge in [-0.05, 0) is 19.4 Å². The molecule has 0 saturated carbocycles. The predicted molar refractivity (Wildman–Crippen MR) is 45.8 cm³/mol. The van der Waals surface area contributed by atoms with Crippen molar-refractivity contribution in [2.45, 2.75) is 31.7 Å². The van der Waals surface area contributed by atoms with E-state index in [0.29, 0.717) is 6.04 Å². The first-order chi connectivity index (χ1) is 5.95. The standard InChI is InChI=1S/C9H14N2O/c1-2-4-10-8(3-1)5-9-6-12-7-11-9/h6-8,10H,1-5H2. The number of oxazole rings is 1. The second-order valence-electron chi connectivity index (χ2n) is 3.33. The lowest BCUT2D eigenvalue weighted by Gasteiger charge is -2.22. The molecule has 12 heavy (non-hydrogen) atoms. The summed E-state index contributed by atoms with van der Waals surface area (Å²) in [5.74, 6) is 0. The van der Waals surface area contributed by atoms with E-state index in [1.54, 1.807) is 6.26 Å². The van der Waals surface area contributed by atoms with Crippen LogP contribution in [0.3, 0.4) is 0 Å². The van der Waals surface area contributed by atoms with E-state index in [1.807, 2.05) is 0 Å². The number of rotatable bonds is 2. The minimum absolute atomic E-state index is 0.615. The summed E-state index contributed by atoms with van der Waals surface area (Å²) in [5.41, 5.74) is 1.06. The summed E-state index contributed by atoms with van der Waals surface area (Å²) in [6.45, 7) is 1.16. The van der Waals surface area contributed by atoms with Gasteiger partial charge in [-0.2, -0.15) is 0 Å². The maximum absolute atomic E-state index is 4.92. The van der Waals surface area contributed by atoms with Crippen molar-refractivity contribution in [3.05, 3.63) is 18.4 Å². The smallest absolute Gasteiger partial charge is 0.180 e. The summed E-state index contributed by atoms with van der Waals surface area (Å²) >= 11 is 0. The molecular formula is C9H14N2O. The molecule has 2 rings (SSSR count). The molecule has 0 aromatic carbocycles. The molecule has 1 N–H and O–H groups in total. The molecule has 1 aliphatic heterocycles. The third kappa shape index (κ3) is 1.85. The van der Waals surface area contributed by atoms with E-state index in [4.69, 9.17) is 4.42 Å². The van der Waals surface area contributed by atoms with Gasteiger partial charge in [-0.15, -0.1) is 0 Å². The van der Waals surface area contributed by atoms with Gasteiger partial charge in [0.1, 0.15) is 6.26 Å². The average molecular weight is 166 g/mol. The molecule has 2 heterocycles. The summed E-state index contributed by atoms with van der Waals surface area (Å²) in [6, 6.07) is 0.615. The minimum Gasteiger partial charge on any atom is -0.451 e. The van der Waals surface area contributed by atoms with Crippen LogP contribution in [0.15, 0.2) is 17.1 Å². The first kappa shape index (κ1) is 7.80. The van der Waals surface area contributed by atoms with E-state index >= 15 is 0 Å². The maximum Gasteiger partial charge on any atom is 0.180 e. The Kier molecular flexibility index (Phi) is 2.42. The Morgan fingerprint density at radius 2 is 2.58 bits per heavy atom. The summed E-state index contributed by atoms with van der Waals surface area (Å²) in [4.78, 5) is 4.10. The van der Waals surface area contributed by atoms with E-state index in [9.17, 15) is 0 Å². The van der Waals surface area contributed by atoms with E-state index in [-0.39, 0.29) is 0 Å². The molecule has 1 aromatic heterocycles. The fraction of sp³-hybridized carbons (Fsp3) is 0.667. The van der Waals surface area contributed by atoms with Gasteiger partial charge in [0.2, 0.25) is 0 Å². The molecule has 1 saturated heterocycles. The van der Waals surface area contributed by atoms with Crippen molar-refractivity contribution in [1.29, 1.82) is 0 Å². The largest absolute Gasteiger partial charge is 0.451 e. The summed E-state index contributed by atoms with van der Waals surface area (Å²) in [6.07, 6.45) is 8.17. The number of hydrogen-bond acceptors (Lipinski definition) is 3. The van der Waals surface area contributed by atoms with Gasteiger partial charge >= 0.3 is 0 Å². The normalized spacial score (nSPS) is 24.2. The van der Waals surface area contributed by atoms with Crippen LogP contribution in [0, 0.1) is 0 Å². The van der Waals surface area contributed by atoms with Crippen LogP contribution in [0.5, 0.6) is 0 Å². The molecule has 3 nitrogen and oxygen atoms in total. The van der Waals surface area contributed by atoms with E-state index in [2.05, 4.69) is 10.3 Å². The van der Waals surface area contributed by atoms with Crippen LogP contribution in [0.2, 0.25) is 0 Å². The fourth-order valence-corrected chi connectivity index (χ4v) is 1.69. The molecule has 1 aromatic rings. The molecule has 1 fully saturated rings. The first-order valence-corrected chi connectivity index (χ1v) is 4.55. The molecule has 0 radical (unpaired) electrons. The highest BCUT2D eigenvalue weighted by atomic mass is 16.3. The number of nitrogens with zero attached hydrogens (tertiary/aromatic N) is 1. The van der Waals surface area contributed by atoms with Crippen molar-refractivity contribution in [2.75, 3.05) is 6.54 Å². The number of aromatic nitrogens is 1. The molecule has 0 amide bonds. The molecule has 3 heteroatoms. The Balaban J connectivity index is 1.86.